The van der Waals surface area contributed by atoms with Crippen molar-refractivity contribution in [1.82, 2.24) is 0 Å². The predicted octanol–water partition coefficient (Wildman–Crippen LogP) is 9.12. The lowest BCUT2D eigenvalue weighted by Gasteiger charge is -2.20. The van der Waals surface area contributed by atoms with Crippen LogP contribution in [0.1, 0.15) is 23.3 Å². The lowest BCUT2D eigenvalue weighted by atomic mass is 9.82. The maximum atomic E-state index is 6.16. The van der Waals surface area contributed by atoms with Crippen LogP contribution in [0.2, 0.25) is 0 Å². The summed E-state index contributed by atoms with van der Waals surface area (Å²) < 4.78 is 6.16. The first-order valence-electron chi connectivity index (χ1n) is 12.3. The van der Waals surface area contributed by atoms with Gasteiger partial charge in [-0.05, 0) is 78.2 Å². The molecule has 1 aliphatic heterocycles. The summed E-state index contributed by atoms with van der Waals surface area (Å²) in [6.07, 6.45) is 0.366. The molecular formula is C34H22O. The topological polar surface area (TPSA) is 12.5 Å². The van der Waals surface area contributed by atoms with Crippen molar-refractivity contribution in [3.05, 3.63) is 132 Å². The number of ether oxygens (including phenoxy) is 1. The highest BCUT2D eigenvalue weighted by Gasteiger charge is 2.47. The van der Waals surface area contributed by atoms with E-state index in [0.29, 0.717) is 0 Å². The van der Waals surface area contributed by atoms with E-state index >= 15 is 0 Å². The fourth-order valence-electron chi connectivity index (χ4n) is 5.95. The molecule has 0 bridgehead atoms. The van der Waals surface area contributed by atoms with Gasteiger partial charge in [-0.15, -0.1) is 0 Å². The van der Waals surface area contributed by atoms with E-state index in [2.05, 4.69) is 121 Å². The number of epoxide rings is 1. The van der Waals surface area contributed by atoms with Crippen LogP contribution in [0.4, 0.5) is 0 Å². The molecule has 1 heteroatoms. The van der Waals surface area contributed by atoms with Crippen molar-refractivity contribution in [3.8, 4) is 33.4 Å². The first kappa shape index (κ1) is 19.1. The molecule has 0 aromatic heterocycles. The van der Waals surface area contributed by atoms with Gasteiger partial charge in [0.2, 0.25) is 0 Å². The van der Waals surface area contributed by atoms with E-state index in [9.17, 15) is 0 Å². The monoisotopic (exact) mass is 446 g/mol. The molecule has 35 heavy (non-hydrogen) atoms. The van der Waals surface area contributed by atoms with Gasteiger partial charge in [-0.25, -0.2) is 0 Å². The van der Waals surface area contributed by atoms with Crippen LogP contribution < -0.4 is 0 Å². The lowest BCUT2D eigenvalue weighted by molar-refractivity contribution is 0.380. The van der Waals surface area contributed by atoms with Crippen LogP contribution in [0.3, 0.4) is 0 Å². The van der Waals surface area contributed by atoms with Crippen LogP contribution in [0, 0.1) is 0 Å². The van der Waals surface area contributed by atoms with Gasteiger partial charge in [-0.1, -0.05) is 109 Å². The zero-order chi connectivity index (χ0) is 22.9. The fourth-order valence-corrected chi connectivity index (χ4v) is 5.95. The minimum Gasteiger partial charge on any atom is -0.359 e. The molecule has 0 saturated carbocycles. The molecule has 1 heterocycles. The standard InChI is InChI=1S/C34H22O/c1-3-11-25-21(7-1)9-5-13-27(25)23-15-17-29-31(19-23)32-20-24(16-18-30(32)34-33(29)35-34)28-14-6-10-22-8-2-4-12-26(22)28/h1-20,33-34H. The number of hydrogen-bond donors (Lipinski definition) is 0. The quantitative estimate of drug-likeness (QED) is 0.242. The van der Waals surface area contributed by atoms with Crippen molar-refractivity contribution < 1.29 is 4.74 Å². The van der Waals surface area contributed by atoms with Crippen LogP contribution in [0.5, 0.6) is 0 Å². The largest absolute Gasteiger partial charge is 0.359 e. The van der Waals surface area contributed by atoms with Crippen molar-refractivity contribution in [1.29, 1.82) is 0 Å². The van der Waals surface area contributed by atoms with E-state index < -0.39 is 0 Å². The minimum atomic E-state index is 0.183. The van der Waals surface area contributed by atoms with Crippen molar-refractivity contribution in [2.24, 2.45) is 0 Å². The SMILES string of the molecule is c1ccc2c(-c3ccc4c(c3)-c3cc(-c5cccc6ccccc56)ccc3C3OC43)cccc2c1. The Labute approximate surface area is 204 Å². The van der Waals surface area contributed by atoms with Gasteiger partial charge in [0.05, 0.1) is 0 Å². The molecule has 1 nitrogen and oxygen atoms in total. The molecule has 8 rings (SSSR count). The first-order chi connectivity index (χ1) is 17.3. The van der Waals surface area contributed by atoms with Crippen molar-refractivity contribution >= 4 is 21.5 Å². The molecule has 0 spiro atoms. The summed E-state index contributed by atoms with van der Waals surface area (Å²) in [5, 5.41) is 5.12. The van der Waals surface area contributed by atoms with Gasteiger partial charge in [-0.3, -0.25) is 0 Å². The van der Waals surface area contributed by atoms with Gasteiger partial charge in [-0.2, -0.15) is 0 Å². The van der Waals surface area contributed by atoms with Crippen molar-refractivity contribution in [3.63, 3.8) is 0 Å². The van der Waals surface area contributed by atoms with Crippen molar-refractivity contribution in [2.75, 3.05) is 0 Å². The summed E-state index contributed by atoms with van der Waals surface area (Å²) in [6.45, 7) is 0. The molecule has 6 aromatic carbocycles. The van der Waals surface area contributed by atoms with Crippen LogP contribution in [0.25, 0.3) is 54.9 Å². The summed E-state index contributed by atoms with van der Waals surface area (Å²) in [5.74, 6) is 0. The molecule has 6 aromatic rings. The molecule has 2 atom stereocenters. The molecule has 2 unspecified atom stereocenters. The number of hydrogen-bond acceptors (Lipinski definition) is 1. The number of benzene rings is 6. The second-order valence-corrected chi connectivity index (χ2v) is 9.63. The molecule has 1 fully saturated rings. The third-order valence-electron chi connectivity index (χ3n) is 7.70. The summed E-state index contributed by atoms with van der Waals surface area (Å²) >= 11 is 0. The Morgan fingerprint density at radius 1 is 0.400 bits per heavy atom. The van der Waals surface area contributed by atoms with E-state index in [0.717, 1.165) is 0 Å². The van der Waals surface area contributed by atoms with Gasteiger partial charge in [0, 0.05) is 0 Å². The fraction of sp³-hybridized carbons (Fsp3) is 0.0588. The Bertz CT molecular complexity index is 1650. The van der Waals surface area contributed by atoms with Crippen LogP contribution in [0.15, 0.2) is 121 Å². The van der Waals surface area contributed by atoms with E-state index in [1.54, 1.807) is 0 Å². The maximum absolute atomic E-state index is 6.16. The predicted molar refractivity (Wildman–Crippen MR) is 144 cm³/mol. The Kier molecular flexibility index (Phi) is 3.91. The molecule has 0 amide bonds. The number of rotatable bonds is 2. The molecule has 2 aliphatic rings. The molecule has 0 N–H and O–H groups in total. The van der Waals surface area contributed by atoms with E-state index in [-0.39, 0.29) is 12.2 Å². The Balaban J connectivity index is 1.34. The Morgan fingerprint density at radius 2 is 0.857 bits per heavy atom. The van der Waals surface area contributed by atoms with Crippen molar-refractivity contribution in [2.45, 2.75) is 12.2 Å². The molecule has 164 valence electrons. The van der Waals surface area contributed by atoms with Gasteiger partial charge in [0.25, 0.3) is 0 Å². The van der Waals surface area contributed by atoms with Gasteiger partial charge in [0.15, 0.2) is 0 Å². The average molecular weight is 447 g/mol. The van der Waals surface area contributed by atoms with E-state index in [1.165, 1.54) is 66.1 Å². The Hall–Kier alpha value is -4.20. The zero-order valence-corrected chi connectivity index (χ0v) is 19.1. The smallest absolute Gasteiger partial charge is 0.114 e. The minimum absolute atomic E-state index is 0.183. The summed E-state index contributed by atoms with van der Waals surface area (Å²) in [6, 6.07) is 44.3. The second-order valence-electron chi connectivity index (χ2n) is 9.63. The zero-order valence-electron chi connectivity index (χ0n) is 19.1. The lowest BCUT2D eigenvalue weighted by Crippen LogP contribution is -2.00. The van der Waals surface area contributed by atoms with Crippen LogP contribution >= 0.6 is 0 Å². The summed E-state index contributed by atoms with van der Waals surface area (Å²) in [5.41, 5.74) is 10.3. The normalized spacial score (nSPS) is 17.6. The first-order valence-corrected chi connectivity index (χ1v) is 12.3. The third-order valence-corrected chi connectivity index (χ3v) is 7.70. The Morgan fingerprint density at radius 3 is 1.37 bits per heavy atom. The van der Waals surface area contributed by atoms with Gasteiger partial charge >= 0.3 is 0 Å². The summed E-state index contributed by atoms with van der Waals surface area (Å²) in [4.78, 5) is 0. The van der Waals surface area contributed by atoms with E-state index in [4.69, 9.17) is 4.74 Å². The van der Waals surface area contributed by atoms with E-state index in [1.807, 2.05) is 0 Å². The average Bonchev–Trinajstić information content (AvgIpc) is 3.73. The van der Waals surface area contributed by atoms with Crippen LogP contribution in [-0.4, -0.2) is 0 Å². The molecule has 1 saturated heterocycles. The van der Waals surface area contributed by atoms with Gasteiger partial charge < -0.3 is 4.74 Å². The highest BCUT2D eigenvalue weighted by atomic mass is 16.6. The molecule has 1 aliphatic carbocycles. The van der Waals surface area contributed by atoms with Gasteiger partial charge in [0.1, 0.15) is 12.2 Å². The highest BCUT2D eigenvalue weighted by molar-refractivity contribution is 5.99. The highest BCUT2D eigenvalue weighted by Crippen LogP contribution is 2.60. The second kappa shape index (κ2) is 7.15. The number of fused-ring (bicyclic) bond motifs is 8. The molecule has 0 radical (unpaired) electrons. The maximum Gasteiger partial charge on any atom is 0.114 e. The molecular weight excluding hydrogens is 424 g/mol. The third kappa shape index (κ3) is 2.86. The van der Waals surface area contributed by atoms with Crippen LogP contribution in [-0.2, 0) is 4.74 Å². The summed E-state index contributed by atoms with van der Waals surface area (Å²) in [7, 11) is 0.